The molecule has 0 aliphatic heterocycles. The van der Waals surface area contributed by atoms with E-state index in [1.54, 1.807) is 19.2 Å². The molecule has 0 fully saturated rings. The maximum atomic E-state index is 9.17. The Morgan fingerprint density at radius 3 is 2.46 bits per heavy atom. The largest absolute Gasteiger partial charge is 0.508 e. The third-order valence-corrected chi connectivity index (χ3v) is 1.51. The van der Waals surface area contributed by atoms with Gasteiger partial charge in [-0.1, -0.05) is 0 Å². The number of benzene rings is 1. The van der Waals surface area contributed by atoms with Crippen LogP contribution in [0.1, 0.15) is 13.8 Å². The van der Waals surface area contributed by atoms with Gasteiger partial charge in [0.25, 0.3) is 0 Å². The minimum Gasteiger partial charge on any atom is -0.508 e. The molecule has 0 atom stereocenters. The summed E-state index contributed by atoms with van der Waals surface area (Å²) in [6, 6.07) is 4.78. The summed E-state index contributed by atoms with van der Waals surface area (Å²) >= 11 is 0. The Morgan fingerprint density at radius 2 is 1.92 bits per heavy atom. The molecule has 0 saturated carbocycles. The standard InChI is InChI=1S/C10H14O3/c1-7(2)13-9-5-4-8(11)6-10(9)12-3/h4-7,11H,1-3H3. The smallest absolute Gasteiger partial charge is 0.164 e. The topological polar surface area (TPSA) is 38.7 Å². The molecule has 0 aromatic heterocycles. The summed E-state index contributed by atoms with van der Waals surface area (Å²) in [5.74, 6) is 1.37. The highest BCUT2D eigenvalue weighted by molar-refractivity contribution is 5.44. The molecule has 0 spiro atoms. The molecular formula is C10H14O3. The van der Waals surface area contributed by atoms with Gasteiger partial charge in [-0.15, -0.1) is 0 Å². The monoisotopic (exact) mass is 182 g/mol. The highest BCUT2D eigenvalue weighted by Crippen LogP contribution is 2.31. The van der Waals surface area contributed by atoms with E-state index in [-0.39, 0.29) is 11.9 Å². The highest BCUT2D eigenvalue weighted by atomic mass is 16.5. The predicted octanol–water partition coefficient (Wildman–Crippen LogP) is 2.19. The molecule has 0 radical (unpaired) electrons. The molecule has 0 unspecified atom stereocenters. The number of hydrogen-bond donors (Lipinski definition) is 1. The van der Waals surface area contributed by atoms with E-state index in [1.807, 2.05) is 13.8 Å². The van der Waals surface area contributed by atoms with Crippen LogP contribution < -0.4 is 9.47 Å². The number of phenolic OH excluding ortho intramolecular Hbond substituents is 1. The highest BCUT2D eigenvalue weighted by Gasteiger charge is 2.06. The van der Waals surface area contributed by atoms with Gasteiger partial charge in [0.2, 0.25) is 0 Å². The van der Waals surface area contributed by atoms with Gasteiger partial charge in [0.05, 0.1) is 13.2 Å². The number of hydrogen-bond acceptors (Lipinski definition) is 3. The second-order valence-corrected chi connectivity index (χ2v) is 3.00. The molecule has 1 rings (SSSR count). The van der Waals surface area contributed by atoms with Crippen molar-refractivity contribution in [1.82, 2.24) is 0 Å². The van der Waals surface area contributed by atoms with Crippen molar-refractivity contribution in [2.24, 2.45) is 0 Å². The molecule has 0 heterocycles. The molecule has 0 bridgehead atoms. The lowest BCUT2D eigenvalue weighted by Gasteiger charge is -2.13. The Morgan fingerprint density at radius 1 is 1.23 bits per heavy atom. The number of aromatic hydroxyl groups is 1. The van der Waals surface area contributed by atoms with Gasteiger partial charge < -0.3 is 14.6 Å². The minimum absolute atomic E-state index is 0.0958. The summed E-state index contributed by atoms with van der Waals surface area (Å²) < 4.78 is 10.5. The van der Waals surface area contributed by atoms with Crippen LogP contribution in [0.25, 0.3) is 0 Å². The zero-order valence-electron chi connectivity index (χ0n) is 8.07. The third-order valence-electron chi connectivity index (χ3n) is 1.51. The zero-order chi connectivity index (χ0) is 9.84. The van der Waals surface area contributed by atoms with Crippen LogP contribution in [0, 0.1) is 0 Å². The van der Waals surface area contributed by atoms with Crippen molar-refractivity contribution in [3.63, 3.8) is 0 Å². The second-order valence-electron chi connectivity index (χ2n) is 3.00. The fraction of sp³-hybridized carbons (Fsp3) is 0.400. The maximum Gasteiger partial charge on any atom is 0.164 e. The molecule has 1 N–H and O–H groups in total. The Balaban J connectivity index is 2.92. The van der Waals surface area contributed by atoms with Gasteiger partial charge in [0.15, 0.2) is 11.5 Å². The van der Waals surface area contributed by atoms with Gasteiger partial charge in [-0.2, -0.15) is 0 Å². The average Bonchev–Trinajstić information content (AvgIpc) is 2.07. The second kappa shape index (κ2) is 4.03. The minimum atomic E-state index is 0.0958. The van der Waals surface area contributed by atoms with Crippen molar-refractivity contribution in [2.75, 3.05) is 7.11 Å². The first-order valence-corrected chi connectivity index (χ1v) is 4.17. The summed E-state index contributed by atoms with van der Waals surface area (Å²) in [6.45, 7) is 3.87. The Labute approximate surface area is 77.9 Å². The normalized spacial score (nSPS) is 10.2. The first-order valence-electron chi connectivity index (χ1n) is 4.17. The van der Waals surface area contributed by atoms with E-state index in [4.69, 9.17) is 14.6 Å². The molecule has 3 nitrogen and oxygen atoms in total. The maximum absolute atomic E-state index is 9.17. The third kappa shape index (κ3) is 2.54. The van der Waals surface area contributed by atoms with Crippen LogP contribution in [0.4, 0.5) is 0 Å². The Kier molecular flexibility index (Phi) is 3.01. The zero-order valence-corrected chi connectivity index (χ0v) is 8.07. The van der Waals surface area contributed by atoms with Crippen molar-refractivity contribution >= 4 is 0 Å². The molecule has 0 aliphatic carbocycles. The van der Waals surface area contributed by atoms with E-state index in [9.17, 15) is 0 Å². The van der Waals surface area contributed by atoms with Crippen molar-refractivity contribution in [3.8, 4) is 17.2 Å². The predicted molar refractivity (Wildman–Crippen MR) is 50.4 cm³/mol. The molecular weight excluding hydrogens is 168 g/mol. The van der Waals surface area contributed by atoms with Crippen LogP contribution in [0.3, 0.4) is 0 Å². The van der Waals surface area contributed by atoms with Crippen molar-refractivity contribution in [2.45, 2.75) is 20.0 Å². The van der Waals surface area contributed by atoms with E-state index in [2.05, 4.69) is 0 Å². The molecule has 0 aliphatic rings. The van der Waals surface area contributed by atoms with Crippen LogP contribution in [-0.2, 0) is 0 Å². The number of phenols is 1. The first kappa shape index (κ1) is 9.71. The van der Waals surface area contributed by atoms with Crippen LogP contribution >= 0.6 is 0 Å². The Bertz CT molecular complexity index is 281. The molecule has 0 saturated heterocycles. The SMILES string of the molecule is COc1cc(O)ccc1OC(C)C. The van der Waals surface area contributed by atoms with Crippen LogP contribution in [0.15, 0.2) is 18.2 Å². The summed E-state index contributed by atoms with van der Waals surface area (Å²) in [6.07, 6.45) is 0.0958. The molecule has 1 aromatic rings. The lowest BCUT2D eigenvalue weighted by molar-refractivity contribution is 0.229. The first-order chi connectivity index (χ1) is 6.13. The van der Waals surface area contributed by atoms with Gasteiger partial charge in [-0.25, -0.2) is 0 Å². The van der Waals surface area contributed by atoms with Crippen molar-refractivity contribution in [3.05, 3.63) is 18.2 Å². The van der Waals surface area contributed by atoms with E-state index in [0.29, 0.717) is 11.5 Å². The average molecular weight is 182 g/mol. The Hall–Kier alpha value is -1.38. The molecule has 0 amide bonds. The molecule has 13 heavy (non-hydrogen) atoms. The van der Waals surface area contributed by atoms with E-state index < -0.39 is 0 Å². The fourth-order valence-corrected chi connectivity index (χ4v) is 1.01. The van der Waals surface area contributed by atoms with Gasteiger partial charge in [0.1, 0.15) is 5.75 Å². The summed E-state index contributed by atoms with van der Waals surface area (Å²) in [4.78, 5) is 0. The van der Waals surface area contributed by atoms with Crippen molar-refractivity contribution in [1.29, 1.82) is 0 Å². The van der Waals surface area contributed by atoms with E-state index in [1.165, 1.54) is 6.07 Å². The summed E-state index contributed by atoms with van der Waals surface area (Å²) in [7, 11) is 1.54. The van der Waals surface area contributed by atoms with E-state index in [0.717, 1.165) is 0 Å². The van der Waals surface area contributed by atoms with Gasteiger partial charge in [-0.05, 0) is 26.0 Å². The molecule has 3 heteroatoms. The lowest BCUT2D eigenvalue weighted by Crippen LogP contribution is -2.06. The van der Waals surface area contributed by atoms with Crippen LogP contribution in [0.2, 0.25) is 0 Å². The fourth-order valence-electron chi connectivity index (χ4n) is 1.01. The number of methoxy groups -OCH3 is 1. The summed E-state index contributed by atoms with van der Waals surface area (Å²) in [5.41, 5.74) is 0. The molecule has 1 aromatic carbocycles. The van der Waals surface area contributed by atoms with Crippen molar-refractivity contribution < 1.29 is 14.6 Å². The quantitative estimate of drug-likeness (QED) is 0.778. The molecule has 72 valence electrons. The van der Waals surface area contributed by atoms with Crippen LogP contribution in [0.5, 0.6) is 17.2 Å². The summed E-state index contributed by atoms with van der Waals surface area (Å²) in [5, 5.41) is 9.17. The van der Waals surface area contributed by atoms with Crippen LogP contribution in [-0.4, -0.2) is 18.3 Å². The van der Waals surface area contributed by atoms with Gasteiger partial charge in [0, 0.05) is 6.07 Å². The van der Waals surface area contributed by atoms with Gasteiger partial charge in [-0.3, -0.25) is 0 Å². The van der Waals surface area contributed by atoms with E-state index >= 15 is 0 Å². The number of rotatable bonds is 3. The lowest BCUT2D eigenvalue weighted by atomic mass is 10.3. The van der Waals surface area contributed by atoms with Gasteiger partial charge >= 0.3 is 0 Å². The number of ether oxygens (including phenoxy) is 2.